The molecule has 1 saturated heterocycles. The molecule has 0 aromatic heterocycles. The average molecular weight is 153 g/mol. The number of likely N-dealkylation sites (tertiary alicyclic amines) is 1. The van der Waals surface area contributed by atoms with E-state index in [1.54, 1.807) is 0 Å². The third kappa shape index (κ3) is 1.53. The highest BCUT2D eigenvalue weighted by Crippen LogP contribution is 2.16. The van der Waals surface area contributed by atoms with Crippen LogP contribution in [0.3, 0.4) is 0 Å². The van der Waals surface area contributed by atoms with Gasteiger partial charge < -0.3 is 9.90 Å². The predicted molar refractivity (Wildman–Crippen MR) is 38.5 cm³/mol. The molecule has 1 amide bonds. The van der Waals surface area contributed by atoms with E-state index >= 15 is 0 Å². The smallest absolute Gasteiger partial charge is 0.407 e. The third-order valence-electron chi connectivity index (χ3n) is 1.83. The summed E-state index contributed by atoms with van der Waals surface area (Å²) in [6.07, 6.45) is 0.216. The van der Waals surface area contributed by atoms with Crippen LogP contribution in [0.2, 0.25) is 0 Å². The number of carbonyl (C=O) groups is 2. The summed E-state index contributed by atoms with van der Waals surface area (Å²) in [5.74, 6) is 0. The SMILES string of the molecule is [B]C(=O)C1CCCN1C(=O)O. The number of carbonyl (C=O) groups excluding carboxylic acids is 1. The second-order valence-corrected chi connectivity index (χ2v) is 2.54. The summed E-state index contributed by atoms with van der Waals surface area (Å²) in [4.78, 5) is 22.2. The number of rotatable bonds is 1. The van der Waals surface area contributed by atoms with Gasteiger partial charge in [-0.25, -0.2) is 4.79 Å². The molecule has 0 aromatic carbocycles. The normalized spacial score (nSPS) is 23.6. The summed E-state index contributed by atoms with van der Waals surface area (Å²) in [6.45, 7) is 0.420. The molecule has 2 radical (unpaired) electrons. The van der Waals surface area contributed by atoms with Gasteiger partial charge in [-0.2, -0.15) is 0 Å². The molecular formula is C6H8BNO3. The molecule has 1 aliphatic heterocycles. The van der Waals surface area contributed by atoms with Crippen LogP contribution in [0.4, 0.5) is 4.79 Å². The van der Waals surface area contributed by atoms with Gasteiger partial charge in [-0.15, -0.1) is 0 Å². The van der Waals surface area contributed by atoms with Crippen LogP contribution in [-0.4, -0.2) is 42.2 Å². The van der Waals surface area contributed by atoms with E-state index in [0.29, 0.717) is 13.0 Å². The molecule has 0 spiro atoms. The number of hydrogen-bond donors (Lipinski definition) is 1. The minimum Gasteiger partial charge on any atom is -0.465 e. The molecule has 1 atom stereocenters. The van der Waals surface area contributed by atoms with Crippen molar-refractivity contribution in [1.29, 1.82) is 0 Å². The van der Waals surface area contributed by atoms with Gasteiger partial charge in [0.15, 0.2) is 7.85 Å². The lowest BCUT2D eigenvalue weighted by Crippen LogP contribution is -2.39. The summed E-state index contributed by atoms with van der Waals surface area (Å²) >= 11 is 0. The first kappa shape index (κ1) is 8.10. The second-order valence-electron chi connectivity index (χ2n) is 2.54. The van der Waals surface area contributed by atoms with Crippen LogP contribution in [0.1, 0.15) is 12.8 Å². The standard InChI is InChI=1S/C6H8BNO3/c7-5(9)4-2-1-3-8(4)6(10)11/h4H,1-3H2,(H,10,11). The van der Waals surface area contributed by atoms with E-state index in [2.05, 4.69) is 0 Å². The Labute approximate surface area is 65.6 Å². The molecule has 58 valence electrons. The highest BCUT2D eigenvalue weighted by Gasteiger charge is 2.30. The first-order chi connectivity index (χ1) is 5.13. The van der Waals surface area contributed by atoms with Gasteiger partial charge in [0.2, 0.25) is 0 Å². The van der Waals surface area contributed by atoms with Crippen molar-refractivity contribution in [1.82, 2.24) is 4.90 Å². The Hall–Kier alpha value is -0.995. The van der Waals surface area contributed by atoms with E-state index in [4.69, 9.17) is 13.0 Å². The summed E-state index contributed by atoms with van der Waals surface area (Å²) < 4.78 is 0. The maximum absolute atomic E-state index is 10.6. The number of carboxylic acid groups (broad SMARTS) is 1. The van der Waals surface area contributed by atoms with Crippen LogP contribution >= 0.6 is 0 Å². The van der Waals surface area contributed by atoms with Gasteiger partial charge in [-0.3, -0.25) is 4.90 Å². The Morgan fingerprint density at radius 1 is 1.55 bits per heavy atom. The van der Waals surface area contributed by atoms with Crippen molar-refractivity contribution in [3.8, 4) is 0 Å². The van der Waals surface area contributed by atoms with Crippen molar-refractivity contribution in [2.45, 2.75) is 18.9 Å². The van der Waals surface area contributed by atoms with E-state index in [1.165, 1.54) is 0 Å². The highest BCUT2D eigenvalue weighted by molar-refractivity contribution is 6.59. The van der Waals surface area contributed by atoms with E-state index in [1.807, 2.05) is 0 Å². The van der Waals surface area contributed by atoms with Crippen molar-refractivity contribution >= 4 is 19.6 Å². The lowest BCUT2D eigenvalue weighted by atomic mass is 9.93. The van der Waals surface area contributed by atoms with E-state index < -0.39 is 17.8 Å². The van der Waals surface area contributed by atoms with Crippen molar-refractivity contribution in [2.75, 3.05) is 6.54 Å². The molecule has 5 heteroatoms. The molecule has 4 nitrogen and oxygen atoms in total. The van der Waals surface area contributed by atoms with Crippen molar-refractivity contribution in [3.63, 3.8) is 0 Å². The van der Waals surface area contributed by atoms with Crippen molar-refractivity contribution < 1.29 is 14.7 Å². The molecule has 1 heterocycles. The summed E-state index contributed by atoms with van der Waals surface area (Å²) in [5.41, 5.74) is -0.551. The Morgan fingerprint density at radius 3 is 2.55 bits per heavy atom. The average Bonchev–Trinajstić information content (AvgIpc) is 2.32. The van der Waals surface area contributed by atoms with Crippen LogP contribution < -0.4 is 0 Å². The lowest BCUT2D eigenvalue weighted by molar-refractivity contribution is -0.115. The van der Waals surface area contributed by atoms with Gasteiger partial charge in [0.1, 0.15) is 0 Å². The Kier molecular flexibility index (Phi) is 2.17. The first-order valence-corrected chi connectivity index (χ1v) is 3.42. The van der Waals surface area contributed by atoms with Gasteiger partial charge in [-0.05, 0) is 12.8 Å². The first-order valence-electron chi connectivity index (χ1n) is 3.42. The van der Waals surface area contributed by atoms with Crippen LogP contribution in [0.15, 0.2) is 0 Å². The molecule has 0 saturated carbocycles. The fraction of sp³-hybridized carbons (Fsp3) is 0.667. The minimum atomic E-state index is -1.06. The van der Waals surface area contributed by atoms with Crippen LogP contribution in [0, 0.1) is 0 Å². The van der Waals surface area contributed by atoms with E-state index in [9.17, 15) is 9.59 Å². The Balaban J connectivity index is 2.65. The molecular weight excluding hydrogens is 145 g/mol. The molecule has 1 rings (SSSR count). The number of nitrogens with zero attached hydrogens (tertiary/aromatic N) is 1. The van der Waals surface area contributed by atoms with Crippen molar-refractivity contribution in [2.24, 2.45) is 0 Å². The molecule has 1 aliphatic rings. The predicted octanol–water partition coefficient (Wildman–Crippen LogP) is -0.176. The quantitative estimate of drug-likeness (QED) is 0.531. The fourth-order valence-corrected chi connectivity index (χ4v) is 1.29. The zero-order valence-corrected chi connectivity index (χ0v) is 5.99. The summed E-state index contributed by atoms with van der Waals surface area (Å²) in [5, 5.41) is 8.55. The minimum absolute atomic E-state index is 0.420. The second kappa shape index (κ2) is 2.94. The van der Waals surface area contributed by atoms with Gasteiger partial charge in [0, 0.05) is 6.54 Å². The molecule has 11 heavy (non-hydrogen) atoms. The maximum atomic E-state index is 10.6. The molecule has 1 N–H and O–H groups in total. The van der Waals surface area contributed by atoms with Gasteiger partial charge in [-0.1, -0.05) is 0 Å². The largest absolute Gasteiger partial charge is 0.465 e. The van der Waals surface area contributed by atoms with Crippen LogP contribution in [-0.2, 0) is 4.79 Å². The topological polar surface area (TPSA) is 57.6 Å². The van der Waals surface area contributed by atoms with Gasteiger partial charge in [0.05, 0.1) is 11.7 Å². The van der Waals surface area contributed by atoms with Gasteiger partial charge >= 0.3 is 6.09 Å². The molecule has 1 fully saturated rings. The molecule has 1 unspecified atom stereocenters. The zero-order chi connectivity index (χ0) is 8.43. The fourth-order valence-electron chi connectivity index (χ4n) is 1.29. The number of hydrogen-bond acceptors (Lipinski definition) is 2. The Bertz CT molecular complexity index is 174. The monoisotopic (exact) mass is 153 g/mol. The van der Waals surface area contributed by atoms with E-state index in [0.717, 1.165) is 11.3 Å². The highest BCUT2D eigenvalue weighted by atomic mass is 16.4. The third-order valence-corrected chi connectivity index (χ3v) is 1.83. The Morgan fingerprint density at radius 2 is 2.18 bits per heavy atom. The molecule has 0 aromatic rings. The molecule has 0 aliphatic carbocycles. The lowest BCUT2D eigenvalue weighted by Gasteiger charge is -2.18. The summed E-state index contributed by atoms with van der Waals surface area (Å²) in [6, 6.07) is -0.604. The van der Waals surface area contributed by atoms with Crippen LogP contribution in [0.5, 0.6) is 0 Å². The molecule has 0 bridgehead atoms. The van der Waals surface area contributed by atoms with Gasteiger partial charge in [0.25, 0.3) is 0 Å². The summed E-state index contributed by atoms with van der Waals surface area (Å²) in [7, 11) is 4.98. The van der Waals surface area contributed by atoms with E-state index in [-0.39, 0.29) is 0 Å². The number of amides is 1. The zero-order valence-electron chi connectivity index (χ0n) is 5.99. The maximum Gasteiger partial charge on any atom is 0.407 e. The van der Waals surface area contributed by atoms with Crippen molar-refractivity contribution in [3.05, 3.63) is 0 Å². The van der Waals surface area contributed by atoms with Crippen LogP contribution in [0.25, 0.3) is 0 Å².